The number of anilines is 2. The lowest BCUT2D eigenvalue weighted by Crippen LogP contribution is -2.28. The van der Waals surface area contributed by atoms with Crippen molar-refractivity contribution in [1.29, 1.82) is 0 Å². The Morgan fingerprint density at radius 1 is 1.03 bits per heavy atom. The Hall–Kier alpha value is -3.62. The number of nitrogens with one attached hydrogen (secondary N) is 1. The van der Waals surface area contributed by atoms with Gasteiger partial charge in [0.05, 0.1) is 23.5 Å². The van der Waals surface area contributed by atoms with E-state index >= 15 is 0 Å². The second-order valence-electron chi connectivity index (χ2n) is 7.06. The van der Waals surface area contributed by atoms with E-state index < -0.39 is 23.2 Å². The Balaban J connectivity index is 1.94. The number of hydrogen-bond donors (Lipinski definition) is 1. The number of benzene rings is 2. The van der Waals surface area contributed by atoms with E-state index in [1.165, 1.54) is 18.2 Å². The first kappa shape index (κ1) is 23.1. The highest BCUT2D eigenvalue weighted by atomic mass is 19.4. The standard InChI is InChI=1S/C23H23F3N4O2/c1-3-29(4-2)20-12-10-17(23(24,25)26)14-19(20)27-22(32)18-11-13-21(31)30(28-18)15-16-8-6-5-7-9-16/h5-14H,3-4,15H2,1-2H3,(H,27,32). The summed E-state index contributed by atoms with van der Waals surface area (Å²) < 4.78 is 40.9. The van der Waals surface area contributed by atoms with Crippen LogP contribution in [0.1, 0.15) is 35.5 Å². The molecule has 0 spiro atoms. The predicted molar refractivity (Wildman–Crippen MR) is 117 cm³/mol. The largest absolute Gasteiger partial charge is 0.416 e. The Bertz CT molecular complexity index is 1140. The van der Waals surface area contributed by atoms with Gasteiger partial charge in [0.25, 0.3) is 11.5 Å². The summed E-state index contributed by atoms with van der Waals surface area (Å²) in [5.41, 5.74) is -0.0334. The van der Waals surface area contributed by atoms with Crippen molar-refractivity contribution in [3.63, 3.8) is 0 Å². The smallest absolute Gasteiger partial charge is 0.370 e. The summed E-state index contributed by atoms with van der Waals surface area (Å²) >= 11 is 0. The zero-order chi connectivity index (χ0) is 23.3. The Morgan fingerprint density at radius 3 is 2.34 bits per heavy atom. The number of halogens is 3. The van der Waals surface area contributed by atoms with Gasteiger partial charge in [-0.15, -0.1) is 0 Å². The molecule has 0 unspecified atom stereocenters. The van der Waals surface area contributed by atoms with Gasteiger partial charge in [0.1, 0.15) is 5.69 Å². The van der Waals surface area contributed by atoms with Gasteiger partial charge in [0, 0.05) is 19.2 Å². The van der Waals surface area contributed by atoms with E-state index in [4.69, 9.17) is 0 Å². The maximum Gasteiger partial charge on any atom is 0.416 e. The molecule has 1 amide bonds. The molecule has 0 aliphatic heterocycles. The van der Waals surface area contributed by atoms with Gasteiger partial charge in [0.15, 0.2) is 0 Å². The van der Waals surface area contributed by atoms with Crippen LogP contribution in [0.4, 0.5) is 24.5 Å². The van der Waals surface area contributed by atoms with E-state index in [0.717, 1.165) is 22.4 Å². The summed E-state index contributed by atoms with van der Waals surface area (Å²) in [6, 6.07) is 14.8. The lowest BCUT2D eigenvalue weighted by Gasteiger charge is -2.25. The van der Waals surface area contributed by atoms with Crippen molar-refractivity contribution in [2.75, 3.05) is 23.3 Å². The Morgan fingerprint density at radius 2 is 1.72 bits per heavy atom. The van der Waals surface area contributed by atoms with Crippen molar-refractivity contribution in [1.82, 2.24) is 9.78 Å². The minimum Gasteiger partial charge on any atom is -0.370 e. The van der Waals surface area contributed by atoms with Gasteiger partial charge in [-0.2, -0.15) is 18.3 Å². The van der Waals surface area contributed by atoms with Gasteiger partial charge in [-0.1, -0.05) is 30.3 Å². The van der Waals surface area contributed by atoms with E-state index in [0.29, 0.717) is 18.8 Å². The van der Waals surface area contributed by atoms with E-state index in [-0.39, 0.29) is 17.9 Å². The topological polar surface area (TPSA) is 67.2 Å². The molecule has 1 aromatic heterocycles. The van der Waals surface area contributed by atoms with Crippen LogP contribution in [0.25, 0.3) is 0 Å². The van der Waals surface area contributed by atoms with Crippen LogP contribution in [0.15, 0.2) is 65.5 Å². The van der Waals surface area contributed by atoms with Crippen molar-refractivity contribution in [3.8, 4) is 0 Å². The minimum absolute atomic E-state index is 0.0242. The number of amides is 1. The molecule has 1 N–H and O–H groups in total. The van der Waals surface area contributed by atoms with Gasteiger partial charge in [-0.25, -0.2) is 4.68 Å². The van der Waals surface area contributed by atoms with Crippen molar-refractivity contribution < 1.29 is 18.0 Å². The molecule has 0 radical (unpaired) electrons. The van der Waals surface area contributed by atoms with E-state index in [1.807, 2.05) is 49.1 Å². The van der Waals surface area contributed by atoms with Gasteiger partial charge < -0.3 is 10.2 Å². The zero-order valence-corrected chi connectivity index (χ0v) is 17.7. The quantitative estimate of drug-likeness (QED) is 0.586. The van der Waals surface area contributed by atoms with Crippen LogP contribution in [0.3, 0.4) is 0 Å². The van der Waals surface area contributed by atoms with Crippen LogP contribution in [0, 0.1) is 0 Å². The fourth-order valence-electron chi connectivity index (χ4n) is 3.28. The minimum atomic E-state index is -4.55. The molecule has 0 saturated heterocycles. The first-order valence-electron chi connectivity index (χ1n) is 10.1. The van der Waals surface area contributed by atoms with Gasteiger partial charge >= 0.3 is 6.18 Å². The third-order valence-electron chi connectivity index (χ3n) is 4.95. The SMILES string of the molecule is CCN(CC)c1ccc(C(F)(F)F)cc1NC(=O)c1ccc(=O)n(Cc2ccccc2)n1. The van der Waals surface area contributed by atoms with Crippen LogP contribution in [0.5, 0.6) is 0 Å². The summed E-state index contributed by atoms with van der Waals surface area (Å²) in [4.78, 5) is 26.9. The third kappa shape index (κ3) is 5.35. The number of aromatic nitrogens is 2. The molecule has 32 heavy (non-hydrogen) atoms. The van der Waals surface area contributed by atoms with E-state index in [2.05, 4.69) is 10.4 Å². The average molecular weight is 444 g/mol. The summed E-state index contributed by atoms with van der Waals surface area (Å²) in [7, 11) is 0. The number of carbonyl (C=O) groups is 1. The first-order chi connectivity index (χ1) is 15.2. The molecular weight excluding hydrogens is 421 g/mol. The molecule has 0 aliphatic carbocycles. The van der Waals surface area contributed by atoms with Crippen molar-refractivity contribution in [2.24, 2.45) is 0 Å². The van der Waals surface area contributed by atoms with Crippen LogP contribution in [-0.4, -0.2) is 28.8 Å². The van der Waals surface area contributed by atoms with E-state index in [9.17, 15) is 22.8 Å². The molecule has 1 heterocycles. The van der Waals surface area contributed by atoms with Crippen LogP contribution < -0.4 is 15.8 Å². The highest BCUT2D eigenvalue weighted by Crippen LogP contribution is 2.35. The normalized spacial score (nSPS) is 11.3. The van der Waals surface area contributed by atoms with Gasteiger partial charge in [-0.05, 0) is 43.7 Å². The van der Waals surface area contributed by atoms with Crippen molar-refractivity contribution in [2.45, 2.75) is 26.6 Å². The molecule has 0 bridgehead atoms. The molecular formula is C23H23F3N4O2. The highest BCUT2D eigenvalue weighted by molar-refractivity contribution is 6.04. The monoisotopic (exact) mass is 444 g/mol. The van der Waals surface area contributed by atoms with Crippen LogP contribution in [-0.2, 0) is 12.7 Å². The van der Waals surface area contributed by atoms with E-state index in [1.54, 1.807) is 0 Å². The fourth-order valence-corrected chi connectivity index (χ4v) is 3.28. The number of alkyl halides is 3. The second kappa shape index (κ2) is 9.67. The lowest BCUT2D eigenvalue weighted by molar-refractivity contribution is -0.137. The van der Waals surface area contributed by atoms with Crippen LogP contribution in [0.2, 0.25) is 0 Å². The molecule has 9 heteroatoms. The molecule has 0 atom stereocenters. The van der Waals surface area contributed by atoms with Crippen molar-refractivity contribution >= 4 is 17.3 Å². The molecule has 168 valence electrons. The maximum atomic E-state index is 13.3. The molecule has 3 aromatic rings. The predicted octanol–water partition coefficient (Wildman–Crippen LogP) is 4.41. The lowest BCUT2D eigenvalue weighted by atomic mass is 10.1. The molecule has 3 rings (SSSR count). The third-order valence-corrected chi connectivity index (χ3v) is 4.95. The summed E-state index contributed by atoms with van der Waals surface area (Å²) in [5, 5.41) is 6.65. The molecule has 0 saturated carbocycles. The average Bonchev–Trinajstić information content (AvgIpc) is 2.77. The van der Waals surface area contributed by atoms with Gasteiger partial charge in [0.2, 0.25) is 0 Å². The van der Waals surface area contributed by atoms with Crippen molar-refractivity contribution in [3.05, 3.63) is 87.8 Å². The molecule has 0 aliphatic rings. The first-order valence-corrected chi connectivity index (χ1v) is 10.1. The summed E-state index contributed by atoms with van der Waals surface area (Å²) in [5.74, 6) is -0.709. The fraction of sp³-hybridized carbons (Fsp3) is 0.261. The zero-order valence-electron chi connectivity index (χ0n) is 17.7. The number of carbonyl (C=O) groups excluding carboxylic acids is 1. The summed E-state index contributed by atoms with van der Waals surface area (Å²) in [6.45, 7) is 4.99. The molecule has 2 aromatic carbocycles. The van der Waals surface area contributed by atoms with Crippen LogP contribution >= 0.6 is 0 Å². The summed E-state index contributed by atoms with van der Waals surface area (Å²) in [6.07, 6.45) is -4.55. The highest BCUT2D eigenvalue weighted by Gasteiger charge is 2.31. The molecule has 6 nitrogen and oxygen atoms in total. The second-order valence-corrected chi connectivity index (χ2v) is 7.06. The number of rotatable bonds is 7. The maximum absolute atomic E-state index is 13.3. The Kier molecular flexibility index (Phi) is 6.97. The van der Waals surface area contributed by atoms with Gasteiger partial charge in [-0.3, -0.25) is 9.59 Å². The number of nitrogens with zero attached hydrogens (tertiary/aromatic N) is 3. The Labute approximate surface area is 183 Å². The number of hydrogen-bond acceptors (Lipinski definition) is 4. The molecule has 0 fully saturated rings.